The molecule has 27 heavy (non-hydrogen) atoms. The normalized spacial score (nSPS) is 16.7. The van der Waals surface area contributed by atoms with Crippen LogP contribution >= 0.6 is 11.6 Å². The van der Waals surface area contributed by atoms with Crippen LogP contribution in [0.25, 0.3) is 11.0 Å². The third-order valence-electron chi connectivity index (χ3n) is 4.06. The van der Waals surface area contributed by atoms with Crippen molar-refractivity contribution >= 4 is 34.3 Å². The summed E-state index contributed by atoms with van der Waals surface area (Å²) in [6.45, 7) is 2.43. The Morgan fingerprint density at radius 2 is 2.11 bits per heavy atom. The summed E-state index contributed by atoms with van der Waals surface area (Å²) < 4.78 is 39.8. The zero-order valence-electron chi connectivity index (χ0n) is 14.2. The molecule has 0 bridgehead atoms. The minimum absolute atomic E-state index is 0.0822. The van der Waals surface area contributed by atoms with Crippen molar-refractivity contribution in [3.8, 4) is 11.5 Å². The molecule has 0 spiro atoms. The zero-order valence-corrected chi connectivity index (χ0v) is 15.0. The highest BCUT2D eigenvalue weighted by atomic mass is 35.5. The maximum Gasteiger partial charge on any atom is 0.289 e. The molecule has 0 radical (unpaired) electrons. The Balaban J connectivity index is 1.63. The topological polar surface area (TPSA) is 71.5 Å². The number of hydrogen-bond acceptors (Lipinski definition) is 5. The number of amidine groups is 1. The largest absolute Gasteiger partial charge is 0.465 e. The smallest absolute Gasteiger partial charge is 0.289 e. The van der Waals surface area contributed by atoms with E-state index in [1.807, 2.05) is 6.92 Å². The van der Waals surface area contributed by atoms with E-state index in [2.05, 4.69) is 20.3 Å². The molecule has 0 amide bonds. The first-order valence-electron chi connectivity index (χ1n) is 8.27. The highest BCUT2D eigenvalue weighted by Crippen LogP contribution is 2.36. The van der Waals surface area contributed by atoms with Gasteiger partial charge in [0.2, 0.25) is 0 Å². The van der Waals surface area contributed by atoms with Crippen LogP contribution in [-0.2, 0) is 4.74 Å². The van der Waals surface area contributed by atoms with Crippen LogP contribution in [-0.4, -0.2) is 28.6 Å². The summed E-state index contributed by atoms with van der Waals surface area (Å²) in [5.74, 6) is -2.10. The Morgan fingerprint density at radius 1 is 1.33 bits per heavy atom. The van der Waals surface area contributed by atoms with E-state index in [0.717, 1.165) is 18.6 Å². The van der Waals surface area contributed by atoms with Crippen molar-refractivity contribution in [3.05, 3.63) is 47.2 Å². The molecule has 1 aromatic carbocycles. The Labute approximate surface area is 158 Å². The van der Waals surface area contributed by atoms with E-state index in [-0.39, 0.29) is 23.5 Å². The van der Waals surface area contributed by atoms with Gasteiger partial charge in [-0.05, 0) is 13.0 Å². The second kappa shape index (κ2) is 7.03. The second-order valence-electron chi connectivity index (χ2n) is 6.09. The predicted molar refractivity (Wildman–Crippen MR) is 98.6 cm³/mol. The van der Waals surface area contributed by atoms with Crippen molar-refractivity contribution in [2.45, 2.75) is 19.4 Å². The van der Waals surface area contributed by atoms with Gasteiger partial charge in [0.1, 0.15) is 11.4 Å². The third kappa shape index (κ3) is 3.52. The van der Waals surface area contributed by atoms with Crippen LogP contribution < -0.4 is 10.1 Å². The van der Waals surface area contributed by atoms with Gasteiger partial charge in [-0.1, -0.05) is 11.6 Å². The number of hydrogen-bond donors (Lipinski definition) is 2. The summed E-state index contributed by atoms with van der Waals surface area (Å²) in [6, 6.07) is 4.02. The molecule has 9 heteroatoms. The molecule has 2 N–H and O–H groups in total. The molecule has 1 atom stereocenters. The lowest BCUT2D eigenvalue weighted by Gasteiger charge is -2.19. The first-order chi connectivity index (χ1) is 13.0. The van der Waals surface area contributed by atoms with Gasteiger partial charge in [-0.15, -0.1) is 0 Å². The summed E-state index contributed by atoms with van der Waals surface area (Å²) in [5.41, 5.74) is 0.628. The number of ether oxygens (including phenoxy) is 2. The van der Waals surface area contributed by atoms with E-state index in [1.54, 1.807) is 0 Å². The quantitative estimate of drug-likeness (QED) is 0.667. The number of rotatable bonds is 3. The fourth-order valence-electron chi connectivity index (χ4n) is 2.73. The van der Waals surface area contributed by atoms with Crippen LogP contribution in [0.15, 0.2) is 35.6 Å². The minimum atomic E-state index is -0.876. The number of aromatic nitrogens is 2. The maximum absolute atomic E-state index is 14.5. The van der Waals surface area contributed by atoms with Gasteiger partial charge < -0.3 is 19.8 Å². The average molecular weight is 393 g/mol. The van der Waals surface area contributed by atoms with Gasteiger partial charge >= 0.3 is 0 Å². The van der Waals surface area contributed by atoms with Crippen molar-refractivity contribution in [1.29, 1.82) is 0 Å². The lowest BCUT2D eigenvalue weighted by molar-refractivity contribution is 0.263. The molecular formula is C18H15ClF2N4O2. The summed E-state index contributed by atoms with van der Waals surface area (Å²) in [4.78, 5) is 11.2. The van der Waals surface area contributed by atoms with Crippen LogP contribution in [0, 0.1) is 11.6 Å². The first kappa shape index (κ1) is 17.5. The van der Waals surface area contributed by atoms with E-state index in [1.165, 1.54) is 18.5 Å². The molecule has 0 saturated carbocycles. The van der Waals surface area contributed by atoms with Gasteiger partial charge in [0.15, 0.2) is 17.4 Å². The van der Waals surface area contributed by atoms with Crippen molar-refractivity contribution in [2.24, 2.45) is 4.99 Å². The fourth-order valence-corrected chi connectivity index (χ4v) is 2.97. The number of halogens is 3. The lowest BCUT2D eigenvalue weighted by Crippen LogP contribution is -2.25. The van der Waals surface area contributed by atoms with Crippen LogP contribution in [0.3, 0.4) is 0 Å². The molecule has 140 valence electrons. The maximum atomic E-state index is 14.5. The lowest BCUT2D eigenvalue weighted by atomic mass is 10.2. The fraction of sp³-hybridized carbons (Fsp3) is 0.222. The van der Waals surface area contributed by atoms with E-state index < -0.39 is 17.4 Å². The SMILES string of the molecule is C[C@@H]1CCOC(Nc2cc(F)c(Oc3ccnc4[nH]cc(Cl)c34)c(F)c2)=N1. The number of pyridine rings is 1. The number of nitrogens with zero attached hydrogens (tertiary/aromatic N) is 2. The molecular weight excluding hydrogens is 378 g/mol. The van der Waals surface area contributed by atoms with Gasteiger partial charge in [-0.2, -0.15) is 0 Å². The Kier molecular flexibility index (Phi) is 4.57. The third-order valence-corrected chi connectivity index (χ3v) is 4.36. The summed E-state index contributed by atoms with van der Waals surface area (Å²) in [7, 11) is 0. The highest BCUT2D eigenvalue weighted by molar-refractivity contribution is 6.36. The summed E-state index contributed by atoms with van der Waals surface area (Å²) >= 11 is 6.09. The van der Waals surface area contributed by atoms with E-state index in [9.17, 15) is 8.78 Å². The van der Waals surface area contributed by atoms with E-state index in [0.29, 0.717) is 22.7 Å². The van der Waals surface area contributed by atoms with E-state index in [4.69, 9.17) is 21.1 Å². The average Bonchev–Trinajstić information content (AvgIpc) is 3.00. The van der Waals surface area contributed by atoms with Crippen molar-refractivity contribution in [2.75, 3.05) is 11.9 Å². The molecule has 1 aliphatic rings. The number of aromatic amines is 1. The van der Waals surface area contributed by atoms with Crippen LogP contribution in [0.5, 0.6) is 11.5 Å². The van der Waals surface area contributed by atoms with Crippen LogP contribution in [0.2, 0.25) is 5.02 Å². The van der Waals surface area contributed by atoms with Crippen LogP contribution in [0.1, 0.15) is 13.3 Å². The molecule has 0 fully saturated rings. The van der Waals surface area contributed by atoms with Gasteiger partial charge in [0.05, 0.1) is 23.1 Å². The van der Waals surface area contributed by atoms with Crippen molar-refractivity contribution in [1.82, 2.24) is 9.97 Å². The Morgan fingerprint density at radius 3 is 2.85 bits per heavy atom. The minimum Gasteiger partial charge on any atom is -0.465 e. The zero-order chi connectivity index (χ0) is 19.0. The number of nitrogens with one attached hydrogen (secondary N) is 2. The standard InChI is InChI=1S/C18H15ClF2N4O2/c1-9-3-5-26-18(24-9)25-10-6-12(20)16(13(21)7-10)27-14-2-4-22-17-15(14)11(19)8-23-17/h2,4,6-9H,3,5H2,1H3,(H,22,23)(H,24,25)/t9-/m1/s1. The molecule has 3 aromatic rings. The number of anilines is 1. The van der Waals surface area contributed by atoms with Crippen molar-refractivity contribution in [3.63, 3.8) is 0 Å². The van der Waals surface area contributed by atoms with Gasteiger partial charge in [0, 0.05) is 36.6 Å². The Bertz CT molecular complexity index is 1010. The van der Waals surface area contributed by atoms with Crippen molar-refractivity contribution < 1.29 is 18.3 Å². The molecule has 0 unspecified atom stereocenters. The molecule has 1 aliphatic heterocycles. The van der Waals surface area contributed by atoms with Crippen LogP contribution in [0.4, 0.5) is 14.5 Å². The monoisotopic (exact) mass is 392 g/mol. The molecule has 2 aromatic heterocycles. The van der Waals surface area contributed by atoms with E-state index >= 15 is 0 Å². The molecule has 4 rings (SSSR count). The highest BCUT2D eigenvalue weighted by Gasteiger charge is 2.19. The summed E-state index contributed by atoms with van der Waals surface area (Å²) in [6.07, 6.45) is 3.77. The number of fused-ring (bicyclic) bond motifs is 1. The second-order valence-corrected chi connectivity index (χ2v) is 6.49. The molecule has 0 aliphatic carbocycles. The number of benzene rings is 1. The van der Waals surface area contributed by atoms with Gasteiger partial charge in [-0.25, -0.2) is 18.8 Å². The Hall–Kier alpha value is -2.87. The number of H-pyrrole nitrogens is 1. The predicted octanol–water partition coefficient (Wildman–Crippen LogP) is 4.86. The van der Waals surface area contributed by atoms with Gasteiger partial charge in [0.25, 0.3) is 6.02 Å². The first-order valence-corrected chi connectivity index (χ1v) is 8.65. The van der Waals surface area contributed by atoms with Gasteiger partial charge in [-0.3, -0.25) is 0 Å². The molecule has 6 nitrogen and oxygen atoms in total. The molecule has 3 heterocycles. The summed E-state index contributed by atoms with van der Waals surface area (Å²) in [5, 5.41) is 3.56. The number of aliphatic imine (C=N–C) groups is 1. The molecule has 0 saturated heterocycles.